The molecule has 0 saturated carbocycles. The zero-order valence-corrected chi connectivity index (χ0v) is 13.7. The quantitative estimate of drug-likeness (QED) is 0.356. The molecule has 3 aromatic rings. The van der Waals surface area contributed by atoms with Crippen LogP contribution in [0.2, 0.25) is 0 Å². The van der Waals surface area contributed by atoms with E-state index in [4.69, 9.17) is 14.2 Å². The number of hydrogen-bond donors (Lipinski definition) is 0. The third-order valence-electron chi connectivity index (χ3n) is 3.55. The average Bonchev–Trinajstić information content (AvgIpc) is 2.66. The number of carbonyl (C=O) groups excluding carboxylic acids is 1. The van der Waals surface area contributed by atoms with Crippen LogP contribution < -0.4 is 9.47 Å². The molecule has 0 unspecified atom stereocenters. The van der Waals surface area contributed by atoms with E-state index < -0.39 is 5.97 Å². The summed E-state index contributed by atoms with van der Waals surface area (Å²) in [5.74, 6) is 1.83. The molecule has 4 nitrogen and oxygen atoms in total. The fourth-order valence-corrected chi connectivity index (χ4v) is 2.39. The van der Waals surface area contributed by atoms with Crippen molar-refractivity contribution in [3.63, 3.8) is 0 Å². The van der Waals surface area contributed by atoms with Gasteiger partial charge in [-0.3, -0.25) is 0 Å². The zero-order valence-electron chi connectivity index (χ0n) is 13.7. The highest BCUT2D eigenvalue weighted by atomic mass is 16.6. The van der Waals surface area contributed by atoms with Crippen molar-refractivity contribution in [3.8, 4) is 17.2 Å². The first-order valence-corrected chi connectivity index (χ1v) is 7.94. The van der Waals surface area contributed by atoms with E-state index in [9.17, 15) is 4.79 Å². The van der Waals surface area contributed by atoms with Crippen molar-refractivity contribution in [2.24, 2.45) is 0 Å². The fourth-order valence-electron chi connectivity index (χ4n) is 2.39. The molecule has 0 aliphatic heterocycles. The Balaban J connectivity index is 1.71. The number of carbonyl (C=O) groups is 1. The van der Waals surface area contributed by atoms with Crippen LogP contribution in [0.25, 0.3) is 10.8 Å². The van der Waals surface area contributed by atoms with E-state index in [1.807, 2.05) is 66.7 Å². The first-order valence-electron chi connectivity index (χ1n) is 7.94. The Hall–Kier alpha value is -3.27. The molecule has 25 heavy (non-hydrogen) atoms. The van der Waals surface area contributed by atoms with Gasteiger partial charge in [-0.2, -0.15) is 0 Å². The van der Waals surface area contributed by atoms with E-state index in [0.717, 1.165) is 28.3 Å². The molecule has 3 aromatic carbocycles. The Labute approximate surface area is 146 Å². The van der Waals surface area contributed by atoms with Gasteiger partial charge in [-0.1, -0.05) is 36.9 Å². The van der Waals surface area contributed by atoms with Crippen LogP contribution in [0, 0.1) is 0 Å². The van der Waals surface area contributed by atoms with Crippen molar-refractivity contribution in [2.75, 3.05) is 13.2 Å². The molecule has 0 heterocycles. The van der Waals surface area contributed by atoms with Crippen LogP contribution in [0.5, 0.6) is 17.2 Å². The molecule has 0 aromatic heterocycles. The van der Waals surface area contributed by atoms with Crippen LogP contribution in [-0.2, 0) is 9.53 Å². The van der Waals surface area contributed by atoms with Gasteiger partial charge in [0.2, 0.25) is 0 Å². The van der Waals surface area contributed by atoms with Gasteiger partial charge in [-0.15, -0.1) is 0 Å². The Bertz CT molecular complexity index is 871. The van der Waals surface area contributed by atoms with Crippen molar-refractivity contribution >= 4 is 16.7 Å². The molecular weight excluding hydrogens is 316 g/mol. The minimum absolute atomic E-state index is 0.181. The molecule has 4 heteroatoms. The summed E-state index contributed by atoms with van der Waals surface area (Å²) in [6.07, 6.45) is 1.13. The summed E-state index contributed by atoms with van der Waals surface area (Å²) in [6, 6.07) is 21.3. The maximum atomic E-state index is 11.0. The summed E-state index contributed by atoms with van der Waals surface area (Å²) >= 11 is 0. The van der Waals surface area contributed by atoms with E-state index in [1.54, 1.807) is 0 Å². The van der Waals surface area contributed by atoms with Crippen molar-refractivity contribution in [2.45, 2.75) is 0 Å². The van der Waals surface area contributed by atoms with Crippen LogP contribution >= 0.6 is 0 Å². The van der Waals surface area contributed by atoms with Crippen LogP contribution in [-0.4, -0.2) is 19.2 Å². The Morgan fingerprint density at radius 2 is 1.76 bits per heavy atom. The summed E-state index contributed by atoms with van der Waals surface area (Å²) in [4.78, 5) is 11.0. The molecule has 0 fully saturated rings. The molecule has 0 amide bonds. The third kappa shape index (κ3) is 4.38. The predicted molar refractivity (Wildman–Crippen MR) is 97.1 cm³/mol. The molecular formula is C21H18O4. The second-order valence-electron chi connectivity index (χ2n) is 5.27. The minimum atomic E-state index is -0.454. The monoisotopic (exact) mass is 334 g/mol. The minimum Gasteiger partial charge on any atom is -0.490 e. The third-order valence-corrected chi connectivity index (χ3v) is 3.55. The summed E-state index contributed by atoms with van der Waals surface area (Å²) < 4.78 is 16.5. The zero-order chi connectivity index (χ0) is 17.5. The maximum absolute atomic E-state index is 11.0. The molecule has 0 aliphatic carbocycles. The van der Waals surface area contributed by atoms with Gasteiger partial charge in [0.05, 0.1) is 0 Å². The van der Waals surface area contributed by atoms with Crippen molar-refractivity contribution in [1.29, 1.82) is 0 Å². The lowest BCUT2D eigenvalue weighted by molar-refractivity contribution is -0.138. The summed E-state index contributed by atoms with van der Waals surface area (Å²) in [5, 5.41) is 2.01. The number of para-hydroxylation sites is 1. The highest BCUT2D eigenvalue weighted by molar-refractivity contribution is 5.89. The largest absolute Gasteiger partial charge is 0.490 e. The van der Waals surface area contributed by atoms with Crippen LogP contribution in [0.1, 0.15) is 0 Å². The van der Waals surface area contributed by atoms with E-state index in [-0.39, 0.29) is 13.2 Å². The number of hydrogen-bond acceptors (Lipinski definition) is 4. The van der Waals surface area contributed by atoms with E-state index in [2.05, 4.69) is 6.58 Å². The predicted octanol–water partition coefficient (Wildman–Crippen LogP) is 4.74. The Morgan fingerprint density at radius 3 is 2.56 bits per heavy atom. The molecule has 0 N–H and O–H groups in total. The SMILES string of the molecule is C=CC(=O)OCCOc1ccc2c(Oc3ccccc3)cccc2c1. The van der Waals surface area contributed by atoms with Crippen LogP contribution in [0.15, 0.2) is 79.4 Å². The smallest absolute Gasteiger partial charge is 0.330 e. The van der Waals surface area contributed by atoms with Crippen molar-refractivity contribution in [3.05, 3.63) is 79.4 Å². The van der Waals surface area contributed by atoms with Crippen molar-refractivity contribution in [1.82, 2.24) is 0 Å². The molecule has 0 atom stereocenters. The van der Waals surface area contributed by atoms with Crippen LogP contribution in [0.3, 0.4) is 0 Å². The first-order chi connectivity index (χ1) is 12.3. The second-order valence-corrected chi connectivity index (χ2v) is 5.27. The number of ether oxygens (including phenoxy) is 3. The van der Waals surface area contributed by atoms with E-state index in [0.29, 0.717) is 5.75 Å². The first kappa shape index (κ1) is 16.6. The maximum Gasteiger partial charge on any atom is 0.330 e. The average molecular weight is 334 g/mol. The summed E-state index contributed by atoms with van der Waals surface area (Å²) in [7, 11) is 0. The van der Waals surface area contributed by atoms with Crippen molar-refractivity contribution < 1.29 is 19.0 Å². The molecule has 0 aliphatic rings. The van der Waals surface area contributed by atoms with Gasteiger partial charge in [-0.25, -0.2) is 4.79 Å². The highest BCUT2D eigenvalue weighted by Gasteiger charge is 2.05. The van der Waals surface area contributed by atoms with Gasteiger partial charge in [0, 0.05) is 11.5 Å². The fraction of sp³-hybridized carbons (Fsp3) is 0.0952. The lowest BCUT2D eigenvalue weighted by atomic mass is 10.1. The Kier molecular flexibility index (Phi) is 5.32. The topological polar surface area (TPSA) is 44.8 Å². The molecule has 126 valence electrons. The van der Waals surface area contributed by atoms with Gasteiger partial charge in [-0.05, 0) is 41.8 Å². The molecule has 0 saturated heterocycles. The Morgan fingerprint density at radius 1 is 0.920 bits per heavy atom. The molecule has 0 bridgehead atoms. The standard InChI is InChI=1S/C21H18O4/c1-2-21(22)24-14-13-23-18-11-12-19-16(15-18)7-6-10-20(19)25-17-8-4-3-5-9-17/h2-12,15H,1,13-14H2. The summed E-state index contributed by atoms with van der Waals surface area (Å²) in [6.45, 7) is 3.81. The van der Waals surface area contributed by atoms with Gasteiger partial charge in [0.25, 0.3) is 0 Å². The number of fused-ring (bicyclic) bond motifs is 1. The van der Waals surface area contributed by atoms with Gasteiger partial charge < -0.3 is 14.2 Å². The van der Waals surface area contributed by atoms with Crippen LogP contribution in [0.4, 0.5) is 0 Å². The number of esters is 1. The van der Waals surface area contributed by atoms with Gasteiger partial charge >= 0.3 is 5.97 Å². The summed E-state index contributed by atoms with van der Waals surface area (Å²) in [5.41, 5.74) is 0. The number of benzene rings is 3. The lowest BCUT2D eigenvalue weighted by Crippen LogP contribution is -2.10. The van der Waals surface area contributed by atoms with Gasteiger partial charge in [0.1, 0.15) is 30.5 Å². The molecule has 0 radical (unpaired) electrons. The highest BCUT2D eigenvalue weighted by Crippen LogP contribution is 2.31. The second kappa shape index (κ2) is 8.02. The molecule has 3 rings (SSSR count). The van der Waals surface area contributed by atoms with E-state index >= 15 is 0 Å². The normalized spacial score (nSPS) is 10.2. The van der Waals surface area contributed by atoms with E-state index in [1.165, 1.54) is 0 Å². The number of rotatable bonds is 7. The molecule has 0 spiro atoms. The van der Waals surface area contributed by atoms with Gasteiger partial charge in [0.15, 0.2) is 0 Å². The lowest BCUT2D eigenvalue weighted by Gasteiger charge is -2.11.